The van der Waals surface area contributed by atoms with Gasteiger partial charge in [-0.3, -0.25) is 4.79 Å². The van der Waals surface area contributed by atoms with Gasteiger partial charge >= 0.3 is 5.97 Å². The molecule has 0 radical (unpaired) electrons. The first-order valence-corrected chi connectivity index (χ1v) is 6.38. The van der Waals surface area contributed by atoms with Gasteiger partial charge < -0.3 is 10.4 Å². The molecule has 0 aliphatic rings. The second-order valence-electron chi connectivity index (χ2n) is 3.76. The van der Waals surface area contributed by atoms with Gasteiger partial charge in [0.25, 0.3) is 5.91 Å². The molecule has 1 aromatic carbocycles. The minimum absolute atomic E-state index is 0.257. The summed E-state index contributed by atoms with van der Waals surface area (Å²) >= 11 is 1.10. The van der Waals surface area contributed by atoms with E-state index in [1.165, 1.54) is 0 Å². The third-order valence-electron chi connectivity index (χ3n) is 2.52. The number of aromatic nitrogens is 2. The normalized spacial score (nSPS) is 10.1. The molecule has 1 aromatic heterocycles. The molecular weight excluding hydrogens is 266 g/mol. The van der Waals surface area contributed by atoms with E-state index >= 15 is 0 Å². The molecule has 0 saturated heterocycles. The van der Waals surface area contributed by atoms with Gasteiger partial charge in [-0.15, -0.1) is 5.10 Å². The van der Waals surface area contributed by atoms with Gasteiger partial charge in [-0.2, -0.15) is 0 Å². The van der Waals surface area contributed by atoms with Crippen molar-refractivity contribution in [2.45, 2.75) is 6.42 Å². The molecule has 0 spiro atoms. The van der Waals surface area contributed by atoms with Crippen LogP contribution < -0.4 is 5.32 Å². The van der Waals surface area contributed by atoms with Gasteiger partial charge in [-0.25, -0.2) is 4.79 Å². The van der Waals surface area contributed by atoms with E-state index in [0.29, 0.717) is 18.5 Å². The number of nitrogens with one attached hydrogen (secondary N) is 1. The van der Waals surface area contributed by atoms with Crippen molar-refractivity contribution in [1.29, 1.82) is 0 Å². The van der Waals surface area contributed by atoms with Crippen molar-refractivity contribution in [2.75, 3.05) is 6.54 Å². The summed E-state index contributed by atoms with van der Waals surface area (Å²) in [5.74, 6) is -1.27. The van der Waals surface area contributed by atoms with Crippen LogP contribution in [0.4, 0.5) is 0 Å². The van der Waals surface area contributed by atoms with Crippen LogP contribution in [0.3, 0.4) is 0 Å². The third-order valence-corrected chi connectivity index (χ3v) is 3.02. The molecule has 0 bridgehead atoms. The average molecular weight is 277 g/mol. The van der Waals surface area contributed by atoms with Crippen LogP contribution in [0.5, 0.6) is 0 Å². The zero-order valence-electron chi connectivity index (χ0n) is 9.87. The maximum absolute atomic E-state index is 11.6. The number of hydrogen-bond acceptors (Lipinski definition) is 5. The maximum Gasteiger partial charge on any atom is 0.335 e. The molecule has 0 saturated carbocycles. The Morgan fingerprint density at radius 1 is 1.32 bits per heavy atom. The molecule has 0 aliphatic carbocycles. The number of carboxylic acids is 1. The third kappa shape index (κ3) is 3.35. The van der Waals surface area contributed by atoms with E-state index in [-0.39, 0.29) is 17.2 Å². The second-order valence-corrected chi connectivity index (χ2v) is 4.37. The Labute approximate surface area is 113 Å². The van der Waals surface area contributed by atoms with Crippen LogP contribution in [0.2, 0.25) is 0 Å². The smallest absolute Gasteiger partial charge is 0.335 e. The van der Waals surface area contributed by atoms with Crippen molar-refractivity contribution in [3.05, 3.63) is 46.5 Å². The van der Waals surface area contributed by atoms with Crippen LogP contribution >= 0.6 is 11.5 Å². The maximum atomic E-state index is 11.6. The highest BCUT2D eigenvalue weighted by atomic mass is 32.1. The van der Waals surface area contributed by atoms with E-state index in [0.717, 1.165) is 11.5 Å². The molecule has 7 heteroatoms. The van der Waals surface area contributed by atoms with Crippen molar-refractivity contribution in [3.8, 4) is 0 Å². The highest BCUT2D eigenvalue weighted by Gasteiger charge is 2.10. The van der Waals surface area contributed by atoms with Crippen molar-refractivity contribution in [1.82, 2.24) is 14.9 Å². The molecule has 98 valence electrons. The highest BCUT2D eigenvalue weighted by Crippen LogP contribution is 2.09. The molecule has 0 aliphatic heterocycles. The summed E-state index contributed by atoms with van der Waals surface area (Å²) in [6.45, 7) is 0.348. The molecule has 2 rings (SSSR count). The summed E-state index contributed by atoms with van der Waals surface area (Å²) in [6.07, 6.45) is 0.450. The predicted octanol–water partition coefficient (Wildman–Crippen LogP) is 1.21. The first kappa shape index (κ1) is 13.2. The van der Waals surface area contributed by atoms with E-state index in [2.05, 4.69) is 14.9 Å². The number of carbonyl (C=O) groups excluding carboxylic acids is 1. The Morgan fingerprint density at radius 2 is 2.11 bits per heavy atom. The summed E-state index contributed by atoms with van der Waals surface area (Å²) in [4.78, 5) is 22.6. The van der Waals surface area contributed by atoms with E-state index in [9.17, 15) is 9.59 Å². The molecule has 0 fully saturated rings. The fourth-order valence-corrected chi connectivity index (χ4v) is 2.05. The Bertz CT molecular complexity index is 584. The summed E-state index contributed by atoms with van der Waals surface area (Å²) in [7, 11) is 0. The van der Waals surface area contributed by atoms with Crippen LogP contribution in [0, 0.1) is 0 Å². The number of benzene rings is 1. The second kappa shape index (κ2) is 6.05. The van der Waals surface area contributed by atoms with Gasteiger partial charge in [0.1, 0.15) is 0 Å². The molecule has 19 heavy (non-hydrogen) atoms. The fourth-order valence-electron chi connectivity index (χ4n) is 1.61. The van der Waals surface area contributed by atoms with Gasteiger partial charge in [0.05, 0.1) is 5.56 Å². The number of amides is 1. The molecule has 2 aromatic rings. The molecule has 2 N–H and O–H groups in total. The number of carboxylic acid groups (broad SMARTS) is 1. The van der Waals surface area contributed by atoms with Gasteiger partial charge in [0.2, 0.25) is 0 Å². The van der Waals surface area contributed by atoms with Crippen LogP contribution in [-0.4, -0.2) is 33.1 Å². The number of carbonyl (C=O) groups is 2. The summed E-state index contributed by atoms with van der Waals surface area (Å²) in [5, 5.41) is 16.9. The van der Waals surface area contributed by atoms with Crippen LogP contribution in [0.15, 0.2) is 29.6 Å². The molecule has 1 heterocycles. The molecule has 6 nitrogen and oxygen atoms in total. The fraction of sp³-hybridized carbons (Fsp3) is 0.167. The number of nitrogens with zero attached hydrogens (tertiary/aromatic N) is 2. The Balaban J connectivity index is 1.93. The topological polar surface area (TPSA) is 92.2 Å². The summed E-state index contributed by atoms with van der Waals surface area (Å²) in [5.41, 5.74) is 1.22. The van der Waals surface area contributed by atoms with E-state index < -0.39 is 5.97 Å². The van der Waals surface area contributed by atoms with E-state index in [1.54, 1.807) is 29.6 Å². The van der Waals surface area contributed by atoms with Crippen LogP contribution in [0.25, 0.3) is 0 Å². The SMILES string of the molecule is O=C(NCCc1ccccc1C(=O)O)c1csnn1. The highest BCUT2D eigenvalue weighted by molar-refractivity contribution is 7.03. The quantitative estimate of drug-likeness (QED) is 0.857. The lowest BCUT2D eigenvalue weighted by Crippen LogP contribution is -2.26. The Hall–Kier alpha value is -2.28. The lowest BCUT2D eigenvalue weighted by molar-refractivity contribution is 0.0695. The monoisotopic (exact) mass is 277 g/mol. The van der Waals surface area contributed by atoms with Crippen LogP contribution in [0.1, 0.15) is 26.4 Å². The largest absolute Gasteiger partial charge is 0.478 e. The van der Waals surface area contributed by atoms with Crippen LogP contribution in [-0.2, 0) is 6.42 Å². The minimum atomic E-state index is -0.967. The molecular formula is C12H11N3O3S. The van der Waals surface area contributed by atoms with E-state index in [1.807, 2.05) is 0 Å². The molecule has 1 amide bonds. The first-order chi connectivity index (χ1) is 9.18. The van der Waals surface area contributed by atoms with Crippen molar-refractivity contribution in [2.24, 2.45) is 0 Å². The van der Waals surface area contributed by atoms with Crippen molar-refractivity contribution >= 4 is 23.4 Å². The number of rotatable bonds is 5. The zero-order chi connectivity index (χ0) is 13.7. The molecule has 0 atom stereocenters. The van der Waals surface area contributed by atoms with E-state index in [4.69, 9.17) is 5.11 Å². The summed E-state index contributed by atoms with van der Waals surface area (Å²) in [6, 6.07) is 6.73. The lowest BCUT2D eigenvalue weighted by atomic mass is 10.0. The Kier molecular flexibility index (Phi) is 4.19. The van der Waals surface area contributed by atoms with Crippen molar-refractivity contribution in [3.63, 3.8) is 0 Å². The average Bonchev–Trinajstić information content (AvgIpc) is 2.93. The number of aromatic carboxylic acids is 1. The number of hydrogen-bond donors (Lipinski definition) is 2. The Morgan fingerprint density at radius 3 is 2.79 bits per heavy atom. The van der Waals surface area contributed by atoms with Gasteiger partial charge in [0, 0.05) is 11.9 Å². The van der Waals surface area contributed by atoms with Gasteiger partial charge in [-0.1, -0.05) is 22.7 Å². The van der Waals surface area contributed by atoms with Crippen molar-refractivity contribution < 1.29 is 14.7 Å². The van der Waals surface area contributed by atoms with Gasteiger partial charge in [-0.05, 0) is 29.6 Å². The predicted molar refractivity (Wildman–Crippen MR) is 69.3 cm³/mol. The zero-order valence-corrected chi connectivity index (χ0v) is 10.7. The standard InChI is InChI=1S/C12H11N3O3S/c16-11(10-7-19-15-14-10)13-6-5-8-3-1-2-4-9(8)12(17)18/h1-4,7H,5-6H2,(H,13,16)(H,17,18). The molecule has 0 unspecified atom stereocenters. The summed E-state index contributed by atoms with van der Waals surface area (Å²) < 4.78 is 3.60. The lowest BCUT2D eigenvalue weighted by Gasteiger charge is -2.06. The minimum Gasteiger partial charge on any atom is -0.478 e. The van der Waals surface area contributed by atoms with Gasteiger partial charge in [0.15, 0.2) is 5.69 Å². The first-order valence-electron chi connectivity index (χ1n) is 5.55.